The van der Waals surface area contributed by atoms with Gasteiger partial charge in [0.05, 0.1) is 11.3 Å². The number of fused-ring (bicyclic) bond motifs is 6. The molecule has 6 nitrogen and oxygen atoms in total. The minimum absolute atomic E-state index is 0.0711. The topological polar surface area (TPSA) is 83.5 Å². The highest BCUT2D eigenvalue weighted by Crippen LogP contribution is 2.38. The molecule has 170 valence electrons. The van der Waals surface area contributed by atoms with Crippen LogP contribution in [0.1, 0.15) is 43.2 Å². The molecule has 32 heavy (non-hydrogen) atoms. The molecule has 1 aromatic heterocycles. The zero-order valence-electron chi connectivity index (χ0n) is 17.2. The van der Waals surface area contributed by atoms with Gasteiger partial charge in [0.25, 0.3) is 10.0 Å². The molecule has 0 aliphatic carbocycles. The lowest BCUT2D eigenvalue weighted by Gasteiger charge is -2.20. The van der Waals surface area contributed by atoms with Crippen molar-refractivity contribution in [3.05, 3.63) is 58.6 Å². The molecule has 0 spiro atoms. The number of aliphatic imine (C=N–C) groups is 1. The second kappa shape index (κ2) is 8.93. The number of benzene rings is 1. The van der Waals surface area contributed by atoms with Crippen molar-refractivity contribution in [3.63, 3.8) is 0 Å². The number of allylic oxidation sites excluding steroid dienone is 1. The zero-order valence-corrected chi connectivity index (χ0v) is 18.1. The average molecular weight is 465 g/mol. The highest BCUT2D eigenvalue weighted by Gasteiger charge is 2.35. The van der Waals surface area contributed by atoms with Crippen LogP contribution >= 0.6 is 0 Å². The summed E-state index contributed by atoms with van der Waals surface area (Å²) >= 11 is 0. The Labute approximate surface area is 184 Å². The third kappa shape index (κ3) is 4.95. The number of nitrogens with zero attached hydrogens (tertiary/aromatic N) is 2. The van der Waals surface area contributed by atoms with E-state index >= 15 is 0 Å². The van der Waals surface area contributed by atoms with E-state index in [9.17, 15) is 21.6 Å². The summed E-state index contributed by atoms with van der Waals surface area (Å²) in [4.78, 5) is 8.59. The van der Waals surface area contributed by atoms with E-state index in [4.69, 9.17) is 0 Å². The zero-order chi connectivity index (χ0) is 22.8. The van der Waals surface area contributed by atoms with Gasteiger partial charge < -0.3 is 5.32 Å². The number of rotatable bonds is 0. The van der Waals surface area contributed by atoms with Crippen LogP contribution < -0.4 is 10.0 Å². The highest BCUT2D eigenvalue weighted by atomic mass is 32.2. The quantitative estimate of drug-likeness (QED) is 0.583. The molecule has 0 atom stereocenters. The number of alkyl halides is 3. The largest absolute Gasteiger partial charge is 0.418 e. The van der Waals surface area contributed by atoms with Crippen LogP contribution in [0.25, 0.3) is 11.3 Å². The monoisotopic (exact) mass is 464 g/mol. The van der Waals surface area contributed by atoms with Gasteiger partial charge in [-0.25, -0.2) is 4.98 Å². The molecular weight excluding hydrogens is 441 g/mol. The van der Waals surface area contributed by atoms with Gasteiger partial charge >= 0.3 is 6.18 Å². The van der Waals surface area contributed by atoms with Crippen LogP contribution in [0.5, 0.6) is 0 Å². The fourth-order valence-corrected chi connectivity index (χ4v) is 4.91. The van der Waals surface area contributed by atoms with E-state index < -0.39 is 21.8 Å². The second-order valence-electron chi connectivity index (χ2n) is 7.72. The summed E-state index contributed by atoms with van der Waals surface area (Å²) in [5.74, 6) is 0.410. The van der Waals surface area contributed by atoms with Gasteiger partial charge in [-0.15, -0.1) is 0 Å². The molecule has 4 rings (SSSR count). The number of sulfonamides is 1. The maximum absolute atomic E-state index is 13.8. The number of hydrogen-bond donors (Lipinski definition) is 2. The highest BCUT2D eigenvalue weighted by molar-refractivity contribution is 7.96. The number of anilines is 1. The number of halogens is 3. The van der Waals surface area contributed by atoms with E-state index in [0.717, 1.165) is 37.0 Å². The summed E-state index contributed by atoms with van der Waals surface area (Å²) in [5, 5.41) is 2.77. The van der Waals surface area contributed by atoms with Crippen LogP contribution in [0, 0.1) is 0 Å². The predicted octanol–water partition coefficient (Wildman–Crippen LogP) is 4.86. The molecule has 2 aliphatic rings. The third-order valence-corrected chi connectivity index (χ3v) is 6.71. The number of nitrogens with one attached hydrogen (secondary N) is 2. The fraction of sp³-hybridized carbons (Fsp3) is 0.364. The number of pyridine rings is 1. The standard InChI is InChI=1S/C22H23F3N4O2S/c23-22(24,25)17-12-13-19-28-21(17)16-9-4-3-8-15(16)7-2-1-5-14-26-18-10-6-11-20(27-18)32(30,31)29-19/h3-4,8-9,11-13H,1-2,5-7,10,14H2,(H,26,27)(H,28,29). The van der Waals surface area contributed by atoms with Crippen molar-refractivity contribution in [2.75, 3.05) is 11.3 Å². The van der Waals surface area contributed by atoms with Crippen LogP contribution in [0.3, 0.4) is 0 Å². The molecular formula is C22H23F3N4O2S. The first-order valence-corrected chi connectivity index (χ1v) is 11.9. The SMILES string of the molecule is O=S1(=O)Nc2ccc(C(F)(F)F)c(n2)-c2ccccc2CCCCCN=C2CCC=C1N2. The molecule has 2 aromatic rings. The number of hydrogen-bond acceptors (Lipinski definition) is 5. The molecule has 0 saturated carbocycles. The lowest BCUT2D eigenvalue weighted by Crippen LogP contribution is -2.33. The van der Waals surface area contributed by atoms with E-state index in [0.29, 0.717) is 37.2 Å². The van der Waals surface area contributed by atoms with E-state index in [1.807, 2.05) is 0 Å². The number of aromatic nitrogens is 1. The van der Waals surface area contributed by atoms with Gasteiger partial charge in [0.15, 0.2) is 5.03 Å². The van der Waals surface area contributed by atoms with Gasteiger partial charge in [0, 0.05) is 18.5 Å². The van der Waals surface area contributed by atoms with Crippen LogP contribution in [0.4, 0.5) is 19.0 Å². The van der Waals surface area contributed by atoms with Crippen molar-refractivity contribution in [2.24, 2.45) is 4.99 Å². The maximum atomic E-state index is 13.8. The Hall–Kier alpha value is -2.88. The van der Waals surface area contributed by atoms with Crippen LogP contribution in [0.2, 0.25) is 0 Å². The minimum atomic E-state index is -4.63. The smallest absolute Gasteiger partial charge is 0.333 e. The van der Waals surface area contributed by atoms with Crippen molar-refractivity contribution < 1.29 is 21.6 Å². The van der Waals surface area contributed by atoms with Crippen molar-refractivity contribution in [1.29, 1.82) is 0 Å². The molecule has 4 bridgehead atoms. The molecule has 1 aromatic carbocycles. The molecule has 3 heterocycles. The van der Waals surface area contributed by atoms with E-state index in [1.165, 1.54) is 6.08 Å². The molecule has 0 fully saturated rings. The van der Waals surface area contributed by atoms with Gasteiger partial charge in [-0.1, -0.05) is 30.7 Å². The van der Waals surface area contributed by atoms with Gasteiger partial charge in [-0.3, -0.25) is 9.71 Å². The first-order chi connectivity index (χ1) is 15.2. The van der Waals surface area contributed by atoms with E-state index in [1.54, 1.807) is 24.3 Å². The second-order valence-corrected chi connectivity index (χ2v) is 9.38. The Balaban J connectivity index is 1.83. The third-order valence-electron chi connectivity index (χ3n) is 5.39. The summed E-state index contributed by atoms with van der Waals surface area (Å²) in [6.45, 7) is 0.559. The van der Waals surface area contributed by atoms with Crippen LogP contribution in [-0.2, 0) is 22.6 Å². The van der Waals surface area contributed by atoms with E-state index in [-0.39, 0.29) is 16.5 Å². The number of aryl methyl sites for hydroxylation is 1. The Morgan fingerprint density at radius 2 is 1.78 bits per heavy atom. The van der Waals surface area contributed by atoms with Gasteiger partial charge in [-0.2, -0.15) is 21.6 Å². The van der Waals surface area contributed by atoms with Gasteiger partial charge in [0.1, 0.15) is 11.7 Å². The van der Waals surface area contributed by atoms with Gasteiger partial charge in [-0.05, 0) is 49.5 Å². The van der Waals surface area contributed by atoms with Crippen LogP contribution in [-0.4, -0.2) is 25.8 Å². The molecule has 0 amide bonds. The van der Waals surface area contributed by atoms with Crippen molar-refractivity contribution in [2.45, 2.75) is 44.7 Å². The van der Waals surface area contributed by atoms with Gasteiger partial charge in [0.2, 0.25) is 0 Å². The van der Waals surface area contributed by atoms with Crippen LogP contribution in [0.15, 0.2) is 52.5 Å². The molecule has 2 N–H and O–H groups in total. The summed E-state index contributed by atoms with van der Waals surface area (Å²) in [6.07, 6.45) is 1.06. The van der Waals surface area contributed by atoms with E-state index in [2.05, 4.69) is 20.0 Å². The first kappa shape index (κ1) is 22.3. The molecule has 10 heteroatoms. The molecule has 0 unspecified atom stereocenters. The predicted molar refractivity (Wildman–Crippen MR) is 118 cm³/mol. The lowest BCUT2D eigenvalue weighted by molar-refractivity contribution is -0.137. The fourth-order valence-electron chi connectivity index (χ4n) is 3.82. The summed E-state index contributed by atoms with van der Waals surface area (Å²) in [6, 6.07) is 8.72. The molecule has 2 aliphatic heterocycles. The summed E-state index contributed by atoms with van der Waals surface area (Å²) < 4.78 is 69.4. The molecule has 0 radical (unpaired) electrons. The Morgan fingerprint density at radius 3 is 2.59 bits per heavy atom. The molecule has 0 saturated heterocycles. The Morgan fingerprint density at radius 1 is 0.969 bits per heavy atom. The van der Waals surface area contributed by atoms with Crippen molar-refractivity contribution >= 4 is 21.7 Å². The number of amidine groups is 1. The minimum Gasteiger partial charge on any atom is -0.333 e. The Kier molecular flexibility index (Phi) is 6.23. The lowest BCUT2D eigenvalue weighted by atomic mass is 9.96. The Bertz CT molecular complexity index is 1170. The first-order valence-electron chi connectivity index (χ1n) is 10.4. The average Bonchev–Trinajstić information content (AvgIpc) is 2.75. The van der Waals surface area contributed by atoms with Crippen molar-refractivity contribution in [1.82, 2.24) is 10.3 Å². The van der Waals surface area contributed by atoms with Crippen molar-refractivity contribution in [3.8, 4) is 11.3 Å². The summed E-state index contributed by atoms with van der Waals surface area (Å²) in [7, 11) is -4.07. The normalized spacial score (nSPS) is 19.0. The maximum Gasteiger partial charge on any atom is 0.418 e. The summed E-state index contributed by atoms with van der Waals surface area (Å²) in [5.41, 5.74) is -0.0971.